The summed E-state index contributed by atoms with van der Waals surface area (Å²) in [6.07, 6.45) is 0. The van der Waals surface area contributed by atoms with Crippen molar-refractivity contribution in [2.24, 2.45) is 0 Å². The van der Waals surface area contributed by atoms with E-state index in [9.17, 15) is 0 Å². The number of nitrogens with zero attached hydrogens (tertiary/aromatic N) is 7. The summed E-state index contributed by atoms with van der Waals surface area (Å²) in [6.45, 7) is 6.52. The zero-order valence-corrected chi connectivity index (χ0v) is 18.6. The van der Waals surface area contributed by atoms with Crippen molar-refractivity contribution in [1.29, 1.82) is 0 Å². The fourth-order valence-electron chi connectivity index (χ4n) is 2.71. The highest BCUT2D eigenvalue weighted by Gasteiger charge is 2.15. The third-order valence-electron chi connectivity index (χ3n) is 4.30. The molecule has 0 spiro atoms. The SMILES string of the molecule is Cc1ccc(C(C)C)c(OCc2nnc(SCc3nc(N)nc(N(C)C)n3)n2N)c1. The van der Waals surface area contributed by atoms with Gasteiger partial charge in [0.05, 0.1) is 5.75 Å². The van der Waals surface area contributed by atoms with Crippen LogP contribution in [0.1, 0.15) is 42.5 Å². The molecule has 0 unspecified atom stereocenters. The number of hydrogen-bond donors (Lipinski definition) is 2. The molecule has 2 heterocycles. The van der Waals surface area contributed by atoms with Crippen molar-refractivity contribution < 1.29 is 4.74 Å². The third kappa shape index (κ3) is 5.09. The van der Waals surface area contributed by atoms with Crippen LogP contribution in [-0.4, -0.2) is 43.9 Å². The van der Waals surface area contributed by atoms with Gasteiger partial charge in [0.1, 0.15) is 18.2 Å². The molecule has 10 nitrogen and oxygen atoms in total. The number of hydrogen-bond acceptors (Lipinski definition) is 10. The van der Waals surface area contributed by atoms with Crippen LogP contribution in [0, 0.1) is 6.92 Å². The second kappa shape index (κ2) is 9.16. The fraction of sp³-hybridized carbons (Fsp3) is 0.421. The van der Waals surface area contributed by atoms with E-state index in [1.807, 2.05) is 27.1 Å². The zero-order chi connectivity index (χ0) is 21.8. The molecule has 11 heteroatoms. The lowest BCUT2D eigenvalue weighted by Crippen LogP contribution is -2.17. The number of ether oxygens (including phenoxy) is 1. The van der Waals surface area contributed by atoms with E-state index in [2.05, 4.69) is 51.1 Å². The number of nitrogen functional groups attached to an aromatic ring is 2. The van der Waals surface area contributed by atoms with E-state index in [1.54, 1.807) is 4.90 Å². The number of anilines is 2. The first-order valence-corrected chi connectivity index (χ1v) is 10.5. The van der Waals surface area contributed by atoms with Crippen LogP contribution in [0.25, 0.3) is 0 Å². The summed E-state index contributed by atoms with van der Waals surface area (Å²) in [5, 5.41) is 8.85. The van der Waals surface area contributed by atoms with Crippen LogP contribution < -0.4 is 21.2 Å². The van der Waals surface area contributed by atoms with E-state index >= 15 is 0 Å². The van der Waals surface area contributed by atoms with Gasteiger partial charge in [-0.1, -0.05) is 37.7 Å². The van der Waals surface area contributed by atoms with E-state index in [-0.39, 0.29) is 12.6 Å². The van der Waals surface area contributed by atoms with Crippen LogP contribution in [0.5, 0.6) is 5.75 Å². The predicted octanol–water partition coefficient (Wildman–Crippen LogP) is 2.13. The van der Waals surface area contributed by atoms with E-state index in [0.29, 0.717) is 34.4 Å². The van der Waals surface area contributed by atoms with Crippen LogP contribution in [0.3, 0.4) is 0 Å². The summed E-state index contributed by atoms with van der Waals surface area (Å²) in [6, 6.07) is 6.19. The molecule has 1 aromatic carbocycles. The summed E-state index contributed by atoms with van der Waals surface area (Å²) in [5.41, 5.74) is 8.04. The van der Waals surface area contributed by atoms with Crippen LogP contribution in [0.15, 0.2) is 23.4 Å². The Labute approximate surface area is 180 Å². The average molecular weight is 430 g/mol. The van der Waals surface area contributed by atoms with Crippen molar-refractivity contribution in [3.63, 3.8) is 0 Å². The van der Waals surface area contributed by atoms with E-state index in [0.717, 1.165) is 16.9 Å². The Kier molecular flexibility index (Phi) is 6.60. The third-order valence-corrected chi connectivity index (χ3v) is 5.24. The maximum atomic E-state index is 6.17. The Balaban J connectivity index is 1.68. The van der Waals surface area contributed by atoms with Crippen molar-refractivity contribution in [1.82, 2.24) is 29.8 Å². The van der Waals surface area contributed by atoms with Gasteiger partial charge in [-0.2, -0.15) is 15.0 Å². The minimum Gasteiger partial charge on any atom is -0.485 e. The summed E-state index contributed by atoms with van der Waals surface area (Å²) >= 11 is 1.36. The van der Waals surface area contributed by atoms with Crippen LogP contribution >= 0.6 is 11.8 Å². The highest BCUT2D eigenvalue weighted by Crippen LogP contribution is 2.28. The van der Waals surface area contributed by atoms with E-state index in [1.165, 1.54) is 16.4 Å². The molecule has 3 rings (SSSR count). The molecule has 0 aliphatic heterocycles. The Morgan fingerprint density at radius 3 is 2.63 bits per heavy atom. The average Bonchev–Trinajstić information content (AvgIpc) is 3.03. The molecule has 0 aliphatic rings. The number of aromatic nitrogens is 6. The van der Waals surface area contributed by atoms with Crippen molar-refractivity contribution in [2.75, 3.05) is 30.6 Å². The van der Waals surface area contributed by atoms with Gasteiger partial charge < -0.3 is 21.2 Å². The summed E-state index contributed by atoms with van der Waals surface area (Å²) in [5.74, 6) is 9.52. The Bertz CT molecular complexity index is 1020. The number of thioether (sulfide) groups is 1. The van der Waals surface area contributed by atoms with E-state index in [4.69, 9.17) is 16.3 Å². The number of benzene rings is 1. The minimum absolute atomic E-state index is 0.173. The fourth-order valence-corrected chi connectivity index (χ4v) is 3.44. The smallest absolute Gasteiger partial charge is 0.229 e. The van der Waals surface area contributed by atoms with Gasteiger partial charge in [0.25, 0.3) is 0 Å². The lowest BCUT2D eigenvalue weighted by Gasteiger charge is -2.14. The van der Waals surface area contributed by atoms with Gasteiger partial charge >= 0.3 is 0 Å². The molecule has 0 radical (unpaired) electrons. The van der Waals surface area contributed by atoms with Crippen molar-refractivity contribution in [3.8, 4) is 5.75 Å². The zero-order valence-electron chi connectivity index (χ0n) is 17.8. The molecular weight excluding hydrogens is 402 g/mol. The van der Waals surface area contributed by atoms with Crippen LogP contribution in [0.4, 0.5) is 11.9 Å². The molecule has 2 aromatic heterocycles. The normalized spacial score (nSPS) is 11.1. The topological polar surface area (TPSA) is 134 Å². The van der Waals surface area contributed by atoms with Gasteiger partial charge in [-0.3, -0.25) is 0 Å². The molecule has 4 N–H and O–H groups in total. The highest BCUT2D eigenvalue weighted by atomic mass is 32.2. The number of rotatable bonds is 8. The van der Waals surface area contributed by atoms with E-state index < -0.39 is 0 Å². The lowest BCUT2D eigenvalue weighted by atomic mass is 10.0. The second-order valence-electron chi connectivity index (χ2n) is 7.35. The van der Waals surface area contributed by atoms with Gasteiger partial charge in [-0.05, 0) is 30.0 Å². The van der Waals surface area contributed by atoms with Crippen molar-refractivity contribution >= 4 is 23.7 Å². The minimum atomic E-state index is 0.173. The van der Waals surface area contributed by atoms with Gasteiger partial charge in [0.15, 0.2) is 5.82 Å². The second-order valence-corrected chi connectivity index (χ2v) is 8.29. The van der Waals surface area contributed by atoms with Gasteiger partial charge in [0, 0.05) is 14.1 Å². The predicted molar refractivity (Wildman–Crippen MR) is 118 cm³/mol. The molecule has 0 saturated heterocycles. The number of nitrogens with two attached hydrogens (primary N) is 2. The van der Waals surface area contributed by atoms with Gasteiger partial charge in [-0.15, -0.1) is 10.2 Å². The summed E-state index contributed by atoms with van der Waals surface area (Å²) < 4.78 is 7.44. The van der Waals surface area contributed by atoms with Crippen molar-refractivity contribution in [2.45, 2.75) is 44.2 Å². The standard InChI is InChI=1S/C19H27N9OS/c1-11(2)13-7-6-12(3)8-14(13)29-9-16-25-26-19(28(16)21)30-10-15-22-17(20)24-18(23-15)27(4)5/h6-8,11H,9-10,21H2,1-5H3,(H2,20,22,23,24). The first kappa shape index (κ1) is 21.6. The molecule has 0 fully saturated rings. The molecule has 0 amide bonds. The summed E-state index contributed by atoms with van der Waals surface area (Å²) in [4.78, 5) is 14.4. The number of aryl methyl sites for hydroxylation is 1. The maximum absolute atomic E-state index is 6.17. The molecule has 30 heavy (non-hydrogen) atoms. The first-order chi connectivity index (χ1) is 14.2. The molecule has 160 valence electrons. The largest absolute Gasteiger partial charge is 0.485 e. The maximum Gasteiger partial charge on any atom is 0.229 e. The molecular formula is C19H27N9OS. The highest BCUT2D eigenvalue weighted by molar-refractivity contribution is 7.98. The summed E-state index contributed by atoms with van der Waals surface area (Å²) in [7, 11) is 3.68. The van der Waals surface area contributed by atoms with Gasteiger partial charge in [-0.25, -0.2) is 4.68 Å². The molecule has 0 saturated carbocycles. The molecule has 0 aliphatic carbocycles. The first-order valence-electron chi connectivity index (χ1n) is 9.48. The van der Waals surface area contributed by atoms with Crippen molar-refractivity contribution in [3.05, 3.63) is 41.0 Å². The molecule has 0 atom stereocenters. The van der Waals surface area contributed by atoms with Gasteiger partial charge in [0.2, 0.25) is 17.1 Å². The Morgan fingerprint density at radius 1 is 1.17 bits per heavy atom. The quantitative estimate of drug-likeness (QED) is 0.405. The Hall–Kier alpha value is -3.08. The molecule has 0 bridgehead atoms. The monoisotopic (exact) mass is 429 g/mol. The lowest BCUT2D eigenvalue weighted by molar-refractivity contribution is 0.287. The Morgan fingerprint density at radius 2 is 1.93 bits per heavy atom. The molecule has 3 aromatic rings. The van der Waals surface area contributed by atoms with Crippen LogP contribution in [-0.2, 0) is 12.4 Å². The van der Waals surface area contributed by atoms with Crippen LogP contribution in [0.2, 0.25) is 0 Å².